The standard InChI is InChI=1S/C16H18BrN3O/c1-4-13-15(17)14(20(3)19-13)9-16(2,21)12-7-5-6-11(8-12)10-18/h5-8,21H,4,9H2,1-3H3. The molecule has 2 aromatic rings. The fraction of sp³-hybridized carbons (Fsp3) is 0.375. The van der Waals surface area contributed by atoms with E-state index < -0.39 is 5.60 Å². The molecule has 1 unspecified atom stereocenters. The average Bonchev–Trinajstić information content (AvgIpc) is 2.74. The number of hydrogen-bond donors (Lipinski definition) is 1. The van der Waals surface area contributed by atoms with E-state index >= 15 is 0 Å². The predicted octanol–water partition coefficient (Wildman–Crippen LogP) is 3.07. The lowest BCUT2D eigenvalue weighted by molar-refractivity contribution is 0.0554. The molecule has 0 bridgehead atoms. The molecule has 0 saturated carbocycles. The molecule has 21 heavy (non-hydrogen) atoms. The van der Waals surface area contributed by atoms with Gasteiger partial charge in [-0.05, 0) is 47.0 Å². The van der Waals surface area contributed by atoms with Crippen molar-refractivity contribution in [1.82, 2.24) is 9.78 Å². The van der Waals surface area contributed by atoms with Crippen molar-refractivity contribution in [1.29, 1.82) is 5.26 Å². The number of benzene rings is 1. The van der Waals surface area contributed by atoms with Crippen LogP contribution in [0.15, 0.2) is 28.7 Å². The molecule has 5 heteroatoms. The Hall–Kier alpha value is -1.64. The zero-order chi connectivity index (χ0) is 15.6. The third-order valence-electron chi connectivity index (χ3n) is 3.63. The Morgan fingerprint density at radius 2 is 2.19 bits per heavy atom. The van der Waals surface area contributed by atoms with E-state index in [1.165, 1.54) is 0 Å². The van der Waals surface area contributed by atoms with E-state index in [4.69, 9.17) is 5.26 Å². The van der Waals surface area contributed by atoms with Crippen LogP contribution < -0.4 is 0 Å². The Morgan fingerprint density at radius 3 is 2.76 bits per heavy atom. The third kappa shape index (κ3) is 3.17. The second-order valence-corrected chi connectivity index (χ2v) is 6.12. The number of nitrogens with zero attached hydrogens (tertiary/aromatic N) is 3. The number of halogens is 1. The first kappa shape index (κ1) is 15.7. The molecule has 0 amide bonds. The van der Waals surface area contributed by atoms with Gasteiger partial charge in [-0.1, -0.05) is 19.1 Å². The highest BCUT2D eigenvalue weighted by molar-refractivity contribution is 9.10. The Morgan fingerprint density at radius 1 is 1.48 bits per heavy atom. The first-order valence-corrected chi connectivity index (χ1v) is 7.61. The van der Waals surface area contributed by atoms with Crippen LogP contribution in [0.4, 0.5) is 0 Å². The molecule has 1 N–H and O–H groups in total. The summed E-state index contributed by atoms with van der Waals surface area (Å²) < 4.78 is 2.75. The maximum Gasteiger partial charge on any atom is 0.0991 e. The summed E-state index contributed by atoms with van der Waals surface area (Å²) in [6.45, 7) is 3.81. The minimum absolute atomic E-state index is 0.423. The molecule has 0 radical (unpaired) electrons. The second-order valence-electron chi connectivity index (χ2n) is 5.33. The maximum atomic E-state index is 10.8. The molecule has 0 spiro atoms. The molecule has 1 aromatic carbocycles. The van der Waals surface area contributed by atoms with Crippen molar-refractivity contribution in [2.75, 3.05) is 0 Å². The van der Waals surface area contributed by atoms with Crippen LogP contribution in [0.25, 0.3) is 0 Å². The summed E-state index contributed by atoms with van der Waals surface area (Å²) in [6.07, 6.45) is 1.26. The summed E-state index contributed by atoms with van der Waals surface area (Å²) in [5.74, 6) is 0. The summed E-state index contributed by atoms with van der Waals surface area (Å²) in [5, 5.41) is 24.3. The summed E-state index contributed by atoms with van der Waals surface area (Å²) in [7, 11) is 1.88. The molecule has 1 atom stereocenters. The van der Waals surface area contributed by atoms with Gasteiger partial charge in [0.05, 0.1) is 33.1 Å². The molecular weight excluding hydrogens is 330 g/mol. The van der Waals surface area contributed by atoms with Crippen LogP contribution in [0.2, 0.25) is 0 Å². The van der Waals surface area contributed by atoms with Crippen LogP contribution in [-0.4, -0.2) is 14.9 Å². The van der Waals surface area contributed by atoms with Crippen LogP contribution in [0.1, 0.15) is 36.4 Å². The van der Waals surface area contributed by atoms with Gasteiger partial charge in [-0.2, -0.15) is 10.4 Å². The van der Waals surface area contributed by atoms with Crippen molar-refractivity contribution in [2.45, 2.75) is 32.3 Å². The third-order valence-corrected chi connectivity index (χ3v) is 4.54. The summed E-state index contributed by atoms with van der Waals surface area (Å²) in [4.78, 5) is 0. The van der Waals surface area contributed by atoms with Gasteiger partial charge in [0.25, 0.3) is 0 Å². The first-order valence-electron chi connectivity index (χ1n) is 6.82. The minimum Gasteiger partial charge on any atom is -0.385 e. The normalized spacial score (nSPS) is 13.7. The van der Waals surface area contributed by atoms with Crippen molar-refractivity contribution in [3.8, 4) is 6.07 Å². The second kappa shape index (κ2) is 6.00. The van der Waals surface area contributed by atoms with Gasteiger partial charge in [0.2, 0.25) is 0 Å². The number of nitriles is 1. The van der Waals surface area contributed by atoms with Gasteiger partial charge >= 0.3 is 0 Å². The number of rotatable bonds is 4. The van der Waals surface area contributed by atoms with E-state index in [0.717, 1.165) is 27.8 Å². The monoisotopic (exact) mass is 347 g/mol. The number of hydrogen-bond acceptors (Lipinski definition) is 3. The molecule has 0 aliphatic rings. The number of aryl methyl sites for hydroxylation is 2. The lowest BCUT2D eigenvalue weighted by Crippen LogP contribution is -2.25. The largest absolute Gasteiger partial charge is 0.385 e. The average molecular weight is 348 g/mol. The van der Waals surface area contributed by atoms with Crippen molar-refractivity contribution >= 4 is 15.9 Å². The fourth-order valence-electron chi connectivity index (χ4n) is 2.36. The van der Waals surface area contributed by atoms with E-state index in [9.17, 15) is 5.11 Å². The minimum atomic E-state index is -1.06. The van der Waals surface area contributed by atoms with E-state index in [1.54, 1.807) is 29.8 Å². The lowest BCUT2D eigenvalue weighted by atomic mass is 9.90. The van der Waals surface area contributed by atoms with Crippen LogP contribution >= 0.6 is 15.9 Å². The molecule has 0 aliphatic heterocycles. The lowest BCUT2D eigenvalue weighted by Gasteiger charge is -2.24. The van der Waals surface area contributed by atoms with Gasteiger partial charge in [0, 0.05) is 13.5 Å². The zero-order valence-corrected chi connectivity index (χ0v) is 14.0. The van der Waals surface area contributed by atoms with Crippen LogP contribution in [0.5, 0.6) is 0 Å². The van der Waals surface area contributed by atoms with Crippen molar-refractivity contribution < 1.29 is 5.11 Å². The van der Waals surface area contributed by atoms with Gasteiger partial charge in [0.15, 0.2) is 0 Å². The van der Waals surface area contributed by atoms with E-state index in [-0.39, 0.29) is 0 Å². The molecule has 0 saturated heterocycles. The zero-order valence-electron chi connectivity index (χ0n) is 12.4. The van der Waals surface area contributed by atoms with Gasteiger partial charge in [-0.25, -0.2) is 0 Å². The molecule has 1 aromatic heterocycles. The molecule has 2 rings (SSSR count). The quantitative estimate of drug-likeness (QED) is 0.924. The van der Waals surface area contributed by atoms with E-state index in [2.05, 4.69) is 27.1 Å². The Labute approximate surface area is 133 Å². The highest BCUT2D eigenvalue weighted by Gasteiger charge is 2.27. The summed E-state index contributed by atoms with van der Waals surface area (Å²) >= 11 is 3.57. The summed E-state index contributed by atoms with van der Waals surface area (Å²) in [6, 6.07) is 9.19. The van der Waals surface area contributed by atoms with Crippen molar-refractivity contribution in [3.05, 3.63) is 51.3 Å². The van der Waals surface area contributed by atoms with Gasteiger partial charge in [-0.3, -0.25) is 4.68 Å². The molecular formula is C16H18BrN3O. The highest BCUT2D eigenvalue weighted by atomic mass is 79.9. The van der Waals surface area contributed by atoms with Gasteiger partial charge in [0.1, 0.15) is 0 Å². The predicted molar refractivity (Wildman–Crippen MR) is 84.7 cm³/mol. The van der Waals surface area contributed by atoms with E-state index in [0.29, 0.717) is 12.0 Å². The Kier molecular flexibility index (Phi) is 4.50. The Balaban J connectivity index is 2.37. The summed E-state index contributed by atoms with van der Waals surface area (Å²) in [5.41, 5.74) is 2.14. The Bertz CT molecular complexity index is 698. The number of aliphatic hydroxyl groups is 1. The van der Waals surface area contributed by atoms with Gasteiger partial charge in [-0.15, -0.1) is 0 Å². The molecule has 110 valence electrons. The van der Waals surface area contributed by atoms with Crippen molar-refractivity contribution in [2.24, 2.45) is 7.05 Å². The van der Waals surface area contributed by atoms with Gasteiger partial charge < -0.3 is 5.11 Å². The maximum absolute atomic E-state index is 10.8. The van der Waals surface area contributed by atoms with E-state index in [1.807, 2.05) is 20.0 Å². The molecule has 0 aliphatic carbocycles. The van der Waals surface area contributed by atoms with Crippen LogP contribution in [-0.2, 0) is 25.5 Å². The molecule has 0 fully saturated rings. The fourth-order valence-corrected chi connectivity index (χ4v) is 3.12. The topological polar surface area (TPSA) is 61.8 Å². The van der Waals surface area contributed by atoms with Crippen LogP contribution in [0, 0.1) is 11.3 Å². The molecule has 1 heterocycles. The van der Waals surface area contributed by atoms with Crippen molar-refractivity contribution in [3.63, 3.8) is 0 Å². The highest BCUT2D eigenvalue weighted by Crippen LogP contribution is 2.30. The molecule has 4 nitrogen and oxygen atoms in total. The van der Waals surface area contributed by atoms with Crippen LogP contribution in [0.3, 0.4) is 0 Å². The smallest absolute Gasteiger partial charge is 0.0991 e. The first-order chi connectivity index (χ1) is 9.89. The SMILES string of the molecule is CCc1nn(C)c(CC(C)(O)c2cccc(C#N)c2)c1Br. The number of aromatic nitrogens is 2.